The van der Waals surface area contributed by atoms with E-state index < -0.39 is 12.0 Å². The number of benzene rings is 1. The second-order valence-electron chi connectivity index (χ2n) is 6.62. The number of ether oxygens (including phenoxy) is 1. The van der Waals surface area contributed by atoms with Crippen LogP contribution in [0.4, 0.5) is 9.80 Å². The zero-order chi connectivity index (χ0) is 21.3. The van der Waals surface area contributed by atoms with E-state index in [-0.39, 0.29) is 17.8 Å². The van der Waals surface area contributed by atoms with Gasteiger partial charge in [-0.2, -0.15) is 5.26 Å². The van der Waals surface area contributed by atoms with E-state index in [0.29, 0.717) is 41.0 Å². The fourth-order valence-electron chi connectivity index (χ4n) is 3.36. The van der Waals surface area contributed by atoms with Crippen LogP contribution in [0.2, 0.25) is 0 Å². The molecule has 2 aromatic heterocycles. The van der Waals surface area contributed by atoms with Gasteiger partial charge in [-0.3, -0.25) is 9.59 Å². The van der Waals surface area contributed by atoms with Gasteiger partial charge in [0.15, 0.2) is 11.2 Å². The lowest BCUT2D eigenvalue weighted by molar-refractivity contribution is 0.0996. The molecular weight excluding hydrogens is 406 g/mol. The highest BCUT2D eigenvalue weighted by Gasteiger charge is 2.28. The molecule has 1 aliphatic heterocycles. The van der Waals surface area contributed by atoms with Crippen molar-refractivity contribution in [1.29, 1.82) is 5.26 Å². The molecule has 0 spiro atoms. The minimum absolute atomic E-state index is 0.137. The van der Waals surface area contributed by atoms with Crippen LogP contribution in [-0.2, 0) is 17.7 Å². The van der Waals surface area contributed by atoms with E-state index in [9.17, 15) is 19.6 Å². The summed E-state index contributed by atoms with van der Waals surface area (Å²) in [7, 11) is 0. The van der Waals surface area contributed by atoms with Gasteiger partial charge in [-0.25, -0.2) is 4.79 Å². The van der Waals surface area contributed by atoms with E-state index in [0.717, 1.165) is 16.5 Å². The van der Waals surface area contributed by atoms with E-state index in [1.165, 1.54) is 11.3 Å². The van der Waals surface area contributed by atoms with Gasteiger partial charge >= 0.3 is 6.09 Å². The van der Waals surface area contributed by atoms with Crippen LogP contribution in [0.5, 0.6) is 0 Å². The Hall–Kier alpha value is -3.64. The van der Waals surface area contributed by atoms with Crippen molar-refractivity contribution >= 4 is 39.3 Å². The van der Waals surface area contributed by atoms with E-state index in [2.05, 4.69) is 11.4 Å². The number of fused-ring (bicyclic) bond motifs is 2. The van der Waals surface area contributed by atoms with Crippen molar-refractivity contribution in [1.82, 2.24) is 4.90 Å². The van der Waals surface area contributed by atoms with Crippen molar-refractivity contribution in [3.8, 4) is 6.07 Å². The smallest absolute Gasteiger partial charge is 0.410 e. The molecule has 0 aliphatic carbocycles. The molecule has 0 atom stereocenters. The average molecular weight is 423 g/mol. The predicted molar refractivity (Wildman–Crippen MR) is 111 cm³/mol. The van der Waals surface area contributed by atoms with Gasteiger partial charge in [0.25, 0.3) is 5.91 Å². The first-order valence-electron chi connectivity index (χ1n) is 9.32. The molecule has 3 aromatic rings. The summed E-state index contributed by atoms with van der Waals surface area (Å²) in [5, 5.41) is 13.1. The summed E-state index contributed by atoms with van der Waals surface area (Å²) < 4.78 is 10.6. The molecule has 0 saturated carbocycles. The first-order valence-corrected chi connectivity index (χ1v) is 10.1. The third kappa shape index (κ3) is 3.53. The Balaban J connectivity index is 1.61. The molecule has 1 N–H and O–H groups in total. The summed E-state index contributed by atoms with van der Waals surface area (Å²) in [5.74, 6) is -0.752. The molecule has 0 unspecified atom stereocenters. The minimum atomic E-state index is -0.616. The number of anilines is 1. The zero-order valence-electron chi connectivity index (χ0n) is 16.1. The average Bonchev–Trinajstić information content (AvgIpc) is 3.09. The molecule has 0 bridgehead atoms. The summed E-state index contributed by atoms with van der Waals surface area (Å²) in [6.07, 6.45) is 0.0904. The van der Waals surface area contributed by atoms with Crippen LogP contribution in [0.25, 0.3) is 11.0 Å². The lowest BCUT2D eigenvalue weighted by atomic mass is 10.0. The monoisotopic (exact) mass is 423 g/mol. The van der Waals surface area contributed by atoms with Gasteiger partial charge in [-0.05, 0) is 31.0 Å². The van der Waals surface area contributed by atoms with E-state index in [4.69, 9.17) is 9.15 Å². The van der Waals surface area contributed by atoms with Gasteiger partial charge in [0.05, 0.1) is 24.1 Å². The molecule has 152 valence electrons. The molecule has 8 nitrogen and oxygen atoms in total. The second-order valence-corrected chi connectivity index (χ2v) is 7.72. The number of thiophene rings is 1. The molecule has 9 heteroatoms. The number of para-hydroxylation sites is 1. The minimum Gasteiger partial charge on any atom is -0.451 e. The highest BCUT2D eigenvalue weighted by Crippen LogP contribution is 2.37. The molecule has 4 rings (SSSR count). The molecule has 0 radical (unpaired) electrons. The van der Waals surface area contributed by atoms with Crippen molar-refractivity contribution in [3.05, 3.63) is 62.3 Å². The highest BCUT2D eigenvalue weighted by atomic mass is 32.1. The number of nitrogens with zero attached hydrogens (tertiary/aromatic N) is 2. The first-order chi connectivity index (χ1) is 14.5. The Morgan fingerprint density at radius 1 is 1.37 bits per heavy atom. The molecular formula is C21H17N3O5S. The molecule has 2 amide bonds. The lowest BCUT2D eigenvalue weighted by Gasteiger charge is -2.25. The maximum Gasteiger partial charge on any atom is 0.410 e. The highest BCUT2D eigenvalue weighted by molar-refractivity contribution is 7.16. The third-order valence-corrected chi connectivity index (χ3v) is 5.91. The molecule has 3 heterocycles. The Labute approximate surface area is 175 Å². The zero-order valence-corrected chi connectivity index (χ0v) is 16.9. The van der Waals surface area contributed by atoms with Crippen LogP contribution >= 0.6 is 11.3 Å². The normalized spacial score (nSPS) is 12.9. The largest absolute Gasteiger partial charge is 0.451 e. The summed E-state index contributed by atoms with van der Waals surface area (Å²) in [4.78, 5) is 39.4. The predicted octanol–water partition coefficient (Wildman–Crippen LogP) is 3.49. The lowest BCUT2D eigenvalue weighted by Crippen LogP contribution is -2.35. The first kappa shape index (κ1) is 19.7. The van der Waals surface area contributed by atoms with Crippen LogP contribution in [-0.4, -0.2) is 30.1 Å². The number of hydrogen-bond donors (Lipinski definition) is 1. The molecule has 0 fully saturated rings. The molecule has 1 aliphatic rings. The number of amides is 2. The maximum atomic E-state index is 12.7. The summed E-state index contributed by atoms with van der Waals surface area (Å²) in [6, 6.07) is 9.94. The topological polar surface area (TPSA) is 113 Å². The molecule has 0 saturated heterocycles. The number of carbonyl (C=O) groups excluding carboxylic acids is 2. The van der Waals surface area contributed by atoms with Crippen LogP contribution in [0.15, 0.2) is 39.5 Å². The summed E-state index contributed by atoms with van der Waals surface area (Å²) in [6.45, 7) is 2.78. The fraction of sp³-hybridized carbons (Fsp3) is 0.238. The van der Waals surface area contributed by atoms with Crippen LogP contribution < -0.4 is 10.7 Å². The maximum absolute atomic E-state index is 12.7. The van der Waals surface area contributed by atoms with Crippen molar-refractivity contribution in [2.75, 3.05) is 18.5 Å². The Morgan fingerprint density at radius 2 is 2.17 bits per heavy atom. The summed E-state index contributed by atoms with van der Waals surface area (Å²) in [5.41, 5.74) is 1.18. The van der Waals surface area contributed by atoms with Crippen LogP contribution in [0.1, 0.15) is 33.5 Å². The van der Waals surface area contributed by atoms with Crippen LogP contribution in [0, 0.1) is 11.3 Å². The fourth-order valence-corrected chi connectivity index (χ4v) is 4.57. The molecule has 30 heavy (non-hydrogen) atoms. The number of nitrogens with one attached hydrogen (secondary N) is 1. The number of nitriles is 1. The third-order valence-electron chi connectivity index (χ3n) is 4.78. The van der Waals surface area contributed by atoms with Crippen LogP contribution in [0.3, 0.4) is 0 Å². The number of carbonyl (C=O) groups is 2. The van der Waals surface area contributed by atoms with Crippen molar-refractivity contribution in [2.24, 2.45) is 0 Å². The van der Waals surface area contributed by atoms with Crippen molar-refractivity contribution in [3.63, 3.8) is 0 Å². The van der Waals surface area contributed by atoms with Gasteiger partial charge in [0.2, 0.25) is 0 Å². The van der Waals surface area contributed by atoms with Gasteiger partial charge in [0, 0.05) is 17.5 Å². The second kappa shape index (κ2) is 8.00. The van der Waals surface area contributed by atoms with Crippen molar-refractivity contribution in [2.45, 2.75) is 19.9 Å². The van der Waals surface area contributed by atoms with Gasteiger partial charge in [-0.1, -0.05) is 12.1 Å². The van der Waals surface area contributed by atoms with Gasteiger partial charge in [0.1, 0.15) is 16.7 Å². The van der Waals surface area contributed by atoms with E-state index in [1.807, 2.05) is 0 Å². The Bertz CT molecular complexity index is 1250. The standard InChI is InChI=1S/C21H17N3O5S/c1-2-28-21(27)24-8-7-12-14(10-22)20(30-18(12)11-24)23-19(26)17-9-15(25)13-5-3-4-6-16(13)29-17/h3-6,9H,2,7-8,11H2,1H3,(H,23,26). The Morgan fingerprint density at radius 3 is 2.93 bits per heavy atom. The van der Waals surface area contributed by atoms with Gasteiger partial charge in [-0.15, -0.1) is 11.3 Å². The number of hydrogen-bond acceptors (Lipinski definition) is 7. The van der Waals surface area contributed by atoms with Crippen molar-refractivity contribution < 1.29 is 18.7 Å². The summed E-state index contributed by atoms with van der Waals surface area (Å²) >= 11 is 1.23. The quantitative estimate of drug-likeness (QED) is 0.690. The SMILES string of the molecule is CCOC(=O)N1CCc2c(sc(NC(=O)c3cc(=O)c4ccccc4o3)c2C#N)C1. The molecule has 1 aromatic carbocycles. The van der Waals surface area contributed by atoms with E-state index >= 15 is 0 Å². The van der Waals surface area contributed by atoms with E-state index in [1.54, 1.807) is 36.1 Å². The number of rotatable bonds is 3. The van der Waals surface area contributed by atoms with Gasteiger partial charge < -0.3 is 19.4 Å². The Kier molecular flexibility index (Phi) is 5.25.